The van der Waals surface area contributed by atoms with Crippen LogP contribution in [-0.4, -0.2) is 16.0 Å². The summed E-state index contributed by atoms with van der Waals surface area (Å²) in [6, 6.07) is 0.380. The maximum absolute atomic E-state index is 10.8. The van der Waals surface area contributed by atoms with Crippen LogP contribution in [0.3, 0.4) is 0 Å². The molecule has 2 atom stereocenters. The third kappa shape index (κ3) is 4.60. The van der Waals surface area contributed by atoms with Crippen molar-refractivity contribution in [2.75, 3.05) is 5.75 Å². The average molecular weight is 149 g/mol. The molecule has 0 bridgehead atoms. The van der Waals surface area contributed by atoms with Crippen molar-refractivity contribution in [2.45, 2.75) is 33.2 Å². The molecule has 3 heteroatoms. The third-order valence-corrected chi connectivity index (χ3v) is 2.40. The van der Waals surface area contributed by atoms with Gasteiger partial charge in [-0.3, -0.25) is 0 Å². The molecule has 0 saturated carbocycles. The highest BCUT2D eigenvalue weighted by Gasteiger charge is 1.99. The van der Waals surface area contributed by atoms with Crippen LogP contribution in [0, 0.1) is 0 Å². The molecule has 0 aromatic rings. The Labute approximate surface area is 59.6 Å². The van der Waals surface area contributed by atoms with Crippen LogP contribution in [0.2, 0.25) is 0 Å². The van der Waals surface area contributed by atoms with Gasteiger partial charge >= 0.3 is 0 Å². The molecular formula is C6H15NOS. The van der Waals surface area contributed by atoms with Crippen molar-refractivity contribution in [1.29, 1.82) is 0 Å². The first-order valence-electron chi connectivity index (χ1n) is 3.35. The molecule has 0 heterocycles. The van der Waals surface area contributed by atoms with Gasteiger partial charge in [0, 0.05) is 11.8 Å². The fourth-order valence-electron chi connectivity index (χ4n) is 0.391. The SMILES string of the molecule is CCC(C)NS(=O)CC. The zero-order valence-corrected chi connectivity index (χ0v) is 7.12. The van der Waals surface area contributed by atoms with Gasteiger partial charge in [-0.25, -0.2) is 8.93 Å². The van der Waals surface area contributed by atoms with E-state index in [1.165, 1.54) is 0 Å². The van der Waals surface area contributed by atoms with E-state index in [2.05, 4.69) is 11.6 Å². The van der Waals surface area contributed by atoms with Crippen molar-refractivity contribution in [3.05, 3.63) is 0 Å². The van der Waals surface area contributed by atoms with Gasteiger partial charge in [-0.1, -0.05) is 13.8 Å². The Morgan fingerprint density at radius 1 is 1.56 bits per heavy atom. The van der Waals surface area contributed by atoms with Crippen molar-refractivity contribution in [3.63, 3.8) is 0 Å². The summed E-state index contributed by atoms with van der Waals surface area (Å²) in [6.07, 6.45) is 1.03. The molecule has 0 rings (SSSR count). The second-order valence-corrected chi connectivity index (χ2v) is 3.57. The van der Waals surface area contributed by atoms with Gasteiger partial charge < -0.3 is 0 Å². The van der Waals surface area contributed by atoms with Crippen molar-refractivity contribution >= 4 is 11.0 Å². The van der Waals surface area contributed by atoms with Gasteiger partial charge in [0.2, 0.25) is 0 Å². The molecule has 0 aliphatic heterocycles. The summed E-state index contributed by atoms with van der Waals surface area (Å²) in [5.41, 5.74) is 0. The number of hydrogen-bond acceptors (Lipinski definition) is 1. The van der Waals surface area contributed by atoms with E-state index in [9.17, 15) is 4.21 Å². The topological polar surface area (TPSA) is 29.1 Å². The Bertz CT molecular complexity index is 95.1. The lowest BCUT2D eigenvalue weighted by atomic mass is 10.3. The minimum Gasteiger partial charge on any atom is -0.243 e. The van der Waals surface area contributed by atoms with E-state index >= 15 is 0 Å². The molecule has 0 aromatic carbocycles. The highest BCUT2D eigenvalue weighted by atomic mass is 32.2. The van der Waals surface area contributed by atoms with E-state index in [-0.39, 0.29) is 0 Å². The summed E-state index contributed by atoms with van der Waals surface area (Å²) in [5.74, 6) is 0.699. The first-order chi connectivity index (χ1) is 4.20. The van der Waals surface area contributed by atoms with E-state index in [1.54, 1.807) is 0 Å². The standard InChI is InChI=1S/C6H15NOS/c1-4-6(3)7-9(8)5-2/h6-7H,4-5H2,1-3H3. The van der Waals surface area contributed by atoms with Crippen LogP contribution in [0.25, 0.3) is 0 Å². The molecule has 0 spiro atoms. The zero-order valence-electron chi connectivity index (χ0n) is 6.31. The second-order valence-electron chi connectivity index (χ2n) is 2.06. The predicted octanol–water partition coefficient (Wildman–Crippen LogP) is 1.06. The van der Waals surface area contributed by atoms with E-state index < -0.39 is 11.0 Å². The molecule has 2 unspecified atom stereocenters. The van der Waals surface area contributed by atoms with Crippen LogP contribution < -0.4 is 4.72 Å². The average Bonchev–Trinajstić information content (AvgIpc) is 1.87. The fourth-order valence-corrected chi connectivity index (χ4v) is 1.17. The predicted molar refractivity (Wildman–Crippen MR) is 41.6 cm³/mol. The van der Waals surface area contributed by atoms with Gasteiger partial charge in [-0.15, -0.1) is 0 Å². The lowest BCUT2D eigenvalue weighted by Crippen LogP contribution is -2.28. The molecule has 0 aromatic heterocycles. The maximum atomic E-state index is 10.8. The number of nitrogens with one attached hydrogen (secondary N) is 1. The monoisotopic (exact) mass is 149 g/mol. The molecule has 0 aliphatic carbocycles. The number of rotatable bonds is 4. The van der Waals surface area contributed by atoms with E-state index in [0.717, 1.165) is 6.42 Å². The molecule has 9 heavy (non-hydrogen) atoms. The molecule has 0 aliphatic rings. The van der Waals surface area contributed by atoms with Gasteiger partial charge in [0.15, 0.2) is 0 Å². The Morgan fingerprint density at radius 3 is 2.44 bits per heavy atom. The van der Waals surface area contributed by atoms with Gasteiger partial charge in [0.1, 0.15) is 0 Å². The fraction of sp³-hybridized carbons (Fsp3) is 1.00. The molecule has 0 amide bonds. The Balaban J connectivity index is 3.34. The Kier molecular flexibility index (Phi) is 5.00. The molecule has 1 N–H and O–H groups in total. The van der Waals surface area contributed by atoms with Crippen LogP contribution in [0.15, 0.2) is 0 Å². The zero-order chi connectivity index (χ0) is 7.28. The van der Waals surface area contributed by atoms with Gasteiger partial charge in [-0.05, 0) is 13.3 Å². The van der Waals surface area contributed by atoms with Crippen LogP contribution in [0.4, 0.5) is 0 Å². The van der Waals surface area contributed by atoms with Crippen LogP contribution in [0.5, 0.6) is 0 Å². The van der Waals surface area contributed by atoms with Crippen LogP contribution in [-0.2, 0) is 11.0 Å². The normalized spacial score (nSPS) is 17.2. The molecule has 0 radical (unpaired) electrons. The summed E-state index contributed by atoms with van der Waals surface area (Å²) in [6.45, 7) is 6.02. The van der Waals surface area contributed by atoms with Crippen molar-refractivity contribution in [1.82, 2.24) is 4.72 Å². The lowest BCUT2D eigenvalue weighted by Gasteiger charge is -2.07. The van der Waals surface area contributed by atoms with Gasteiger partial charge in [0.25, 0.3) is 0 Å². The quantitative estimate of drug-likeness (QED) is 0.636. The van der Waals surface area contributed by atoms with E-state index in [1.807, 2.05) is 13.8 Å². The van der Waals surface area contributed by atoms with Crippen molar-refractivity contribution in [3.8, 4) is 0 Å². The van der Waals surface area contributed by atoms with Crippen molar-refractivity contribution in [2.24, 2.45) is 0 Å². The van der Waals surface area contributed by atoms with Gasteiger partial charge in [0.05, 0.1) is 11.0 Å². The first-order valence-corrected chi connectivity index (χ1v) is 4.67. The van der Waals surface area contributed by atoms with E-state index in [4.69, 9.17) is 0 Å². The maximum Gasteiger partial charge on any atom is 0.0914 e. The summed E-state index contributed by atoms with van der Waals surface area (Å²) in [4.78, 5) is 0. The van der Waals surface area contributed by atoms with Crippen molar-refractivity contribution < 1.29 is 4.21 Å². The highest BCUT2D eigenvalue weighted by Crippen LogP contribution is 1.88. The molecular weight excluding hydrogens is 134 g/mol. The molecule has 0 saturated heterocycles. The largest absolute Gasteiger partial charge is 0.243 e. The summed E-state index contributed by atoms with van der Waals surface area (Å²) in [5, 5.41) is 0. The molecule has 56 valence electrons. The second kappa shape index (κ2) is 4.94. The van der Waals surface area contributed by atoms with E-state index in [0.29, 0.717) is 11.8 Å². The van der Waals surface area contributed by atoms with Crippen LogP contribution in [0.1, 0.15) is 27.2 Å². The highest BCUT2D eigenvalue weighted by molar-refractivity contribution is 7.82. The first kappa shape index (κ1) is 9.11. The molecule has 2 nitrogen and oxygen atoms in total. The van der Waals surface area contributed by atoms with Gasteiger partial charge in [-0.2, -0.15) is 0 Å². The Morgan fingerprint density at radius 2 is 2.11 bits per heavy atom. The summed E-state index contributed by atoms with van der Waals surface area (Å²) >= 11 is 0. The summed E-state index contributed by atoms with van der Waals surface area (Å²) < 4.78 is 13.7. The third-order valence-electron chi connectivity index (χ3n) is 1.21. The minimum atomic E-state index is -0.807. The van der Waals surface area contributed by atoms with Crippen LogP contribution >= 0.6 is 0 Å². The lowest BCUT2D eigenvalue weighted by molar-refractivity contribution is 0.625. The summed E-state index contributed by atoms with van der Waals surface area (Å²) in [7, 11) is -0.807. The smallest absolute Gasteiger partial charge is 0.0914 e. The Hall–Kier alpha value is 0.110. The molecule has 0 fully saturated rings. The number of hydrogen-bond donors (Lipinski definition) is 1. The minimum absolute atomic E-state index is 0.380.